The van der Waals surface area contributed by atoms with Crippen LogP contribution in [0.25, 0.3) is 5.57 Å². The highest BCUT2D eigenvalue weighted by atomic mass is 35.5. The van der Waals surface area contributed by atoms with Gasteiger partial charge in [0, 0.05) is 11.4 Å². The number of quaternary nitrogens is 1. The molecular formula is C13H13ClF3NO2. The van der Waals surface area contributed by atoms with E-state index in [4.69, 9.17) is 21.5 Å². The number of hydrogen-bond donors (Lipinski definition) is 1. The summed E-state index contributed by atoms with van der Waals surface area (Å²) < 4.78 is 31.5. The van der Waals surface area contributed by atoms with Crippen LogP contribution in [0.5, 0.6) is 0 Å². The van der Waals surface area contributed by atoms with Gasteiger partial charge < -0.3 is 15.2 Å². The third kappa shape index (κ3) is 5.22. The van der Waals surface area contributed by atoms with Crippen LogP contribution in [0.1, 0.15) is 12.0 Å². The summed E-state index contributed by atoms with van der Waals surface area (Å²) in [6.07, 6.45) is -1.80. The molecule has 7 heteroatoms. The molecule has 0 saturated heterocycles. The minimum absolute atomic E-state index is 0.871. The lowest BCUT2D eigenvalue weighted by atomic mass is 10.0. The van der Waals surface area contributed by atoms with Crippen molar-refractivity contribution in [1.82, 2.24) is 0 Å². The molecule has 0 spiro atoms. The molecule has 20 heavy (non-hydrogen) atoms. The molecule has 110 valence electrons. The van der Waals surface area contributed by atoms with Gasteiger partial charge in [-0.2, -0.15) is 13.2 Å². The predicted molar refractivity (Wildman–Crippen MR) is 66.8 cm³/mol. The molecule has 1 aliphatic heterocycles. The summed E-state index contributed by atoms with van der Waals surface area (Å²) in [5.41, 5.74) is 2.60. The van der Waals surface area contributed by atoms with E-state index in [0.717, 1.165) is 18.0 Å². The van der Waals surface area contributed by atoms with Crippen LogP contribution < -0.4 is 10.4 Å². The maximum atomic E-state index is 10.5. The minimum Gasteiger partial charge on any atom is -0.542 e. The molecule has 0 aromatic heterocycles. The first-order valence-electron chi connectivity index (χ1n) is 5.86. The van der Waals surface area contributed by atoms with Crippen molar-refractivity contribution < 1.29 is 28.4 Å². The van der Waals surface area contributed by atoms with Gasteiger partial charge in [-0.1, -0.05) is 29.8 Å². The summed E-state index contributed by atoms with van der Waals surface area (Å²) in [6, 6.07) is 8.07. The smallest absolute Gasteiger partial charge is 0.430 e. The molecule has 1 aromatic rings. The Morgan fingerprint density at radius 1 is 1.30 bits per heavy atom. The van der Waals surface area contributed by atoms with Crippen molar-refractivity contribution in [3.05, 3.63) is 40.9 Å². The number of carbonyl (C=O) groups is 1. The van der Waals surface area contributed by atoms with E-state index in [9.17, 15) is 13.2 Å². The molecule has 0 atom stereocenters. The molecule has 0 bridgehead atoms. The van der Waals surface area contributed by atoms with Gasteiger partial charge in [0.05, 0.1) is 13.1 Å². The van der Waals surface area contributed by atoms with E-state index >= 15 is 0 Å². The number of carboxylic acids is 1. The van der Waals surface area contributed by atoms with Gasteiger partial charge in [-0.25, -0.2) is 0 Å². The fourth-order valence-corrected chi connectivity index (χ4v) is 1.93. The molecule has 0 saturated carbocycles. The van der Waals surface area contributed by atoms with E-state index < -0.39 is 12.1 Å². The van der Waals surface area contributed by atoms with E-state index in [1.165, 1.54) is 17.7 Å². The normalized spacial score (nSPS) is 14.9. The van der Waals surface area contributed by atoms with Crippen molar-refractivity contribution in [3.63, 3.8) is 0 Å². The maximum Gasteiger partial charge on any atom is 0.430 e. The van der Waals surface area contributed by atoms with Crippen molar-refractivity contribution in [2.24, 2.45) is 0 Å². The SMILES string of the molecule is Clc1ccccc1C1=CC[NH2+]CC1.O=C([O-])C(F)(F)F. The van der Waals surface area contributed by atoms with Gasteiger partial charge in [-0.15, -0.1) is 0 Å². The number of benzene rings is 1. The molecule has 1 aliphatic rings. The number of halogens is 4. The molecule has 0 radical (unpaired) electrons. The molecule has 2 rings (SSSR count). The number of rotatable bonds is 1. The highest BCUT2D eigenvalue weighted by molar-refractivity contribution is 6.32. The van der Waals surface area contributed by atoms with Gasteiger partial charge in [0.2, 0.25) is 0 Å². The molecule has 3 nitrogen and oxygen atoms in total. The second-order valence-corrected chi connectivity index (χ2v) is 4.46. The first kappa shape index (κ1) is 16.5. The van der Waals surface area contributed by atoms with Gasteiger partial charge in [-0.05, 0) is 23.3 Å². The van der Waals surface area contributed by atoms with Crippen molar-refractivity contribution in [1.29, 1.82) is 0 Å². The van der Waals surface area contributed by atoms with E-state index in [1.54, 1.807) is 0 Å². The number of carboxylic acid groups (broad SMARTS) is 1. The molecule has 0 aliphatic carbocycles. The molecule has 0 amide bonds. The zero-order valence-corrected chi connectivity index (χ0v) is 11.2. The third-order valence-electron chi connectivity index (χ3n) is 2.60. The Bertz CT molecular complexity index is 501. The van der Waals surface area contributed by atoms with Crippen molar-refractivity contribution in [2.45, 2.75) is 12.6 Å². The van der Waals surface area contributed by atoms with Crippen LogP contribution in [0, 0.1) is 0 Å². The largest absolute Gasteiger partial charge is 0.542 e. The molecule has 1 heterocycles. The number of aliphatic carboxylic acids is 1. The van der Waals surface area contributed by atoms with Crippen LogP contribution in [0.4, 0.5) is 13.2 Å². The Kier molecular flexibility index (Phi) is 6.04. The van der Waals surface area contributed by atoms with Crippen LogP contribution in [-0.2, 0) is 4.79 Å². The van der Waals surface area contributed by atoms with Crippen molar-refractivity contribution >= 4 is 23.1 Å². The second-order valence-electron chi connectivity index (χ2n) is 4.06. The Balaban J connectivity index is 0.000000246. The lowest BCUT2D eigenvalue weighted by molar-refractivity contribution is -0.646. The lowest BCUT2D eigenvalue weighted by Gasteiger charge is -2.12. The zero-order chi connectivity index (χ0) is 15.2. The summed E-state index contributed by atoms with van der Waals surface area (Å²) in [4.78, 5) is 8.78. The Morgan fingerprint density at radius 3 is 2.35 bits per heavy atom. The summed E-state index contributed by atoms with van der Waals surface area (Å²) >= 11 is 6.11. The quantitative estimate of drug-likeness (QED) is 0.841. The number of carbonyl (C=O) groups excluding carboxylic acids is 1. The topological polar surface area (TPSA) is 56.7 Å². The molecule has 2 N–H and O–H groups in total. The highest BCUT2D eigenvalue weighted by Gasteiger charge is 2.28. The standard InChI is InChI=1S/C11H12ClN.C2HF3O2/c12-11-4-2-1-3-10(11)9-5-7-13-8-6-9;3-2(4,5)1(6)7/h1-5,13H,6-8H2;(H,6,7). The first-order valence-corrected chi connectivity index (χ1v) is 6.24. The van der Waals surface area contributed by atoms with E-state index in [-0.39, 0.29) is 0 Å². The molecule has 1 aromatic carbocycles. The van der Waals surface area contributed by atoms with E-state index in [1.807, 2.05) is 18.2 Å². The Labute approximate surface area is 119 Å². The van der Waals surface area contributed by atoms with Gasteiger partial charge in [0.15, 0.2) is 0 Å². The minimum atomic E-state index is -5.19. The van der Waals surface area contributed by atoms with Gasteiger partial charge in [0.1, 0.15) is 5.97 Å². The fraction of sp³-hybridized carbons (Fsp3) is 0.308. The second kappa shape index (κ2) is 7.31. The summed E-state index contributed by atoms with van der Waals surface area (Å²) in [6.45, 7) is 2.26. The maximum absolute atomic E-state index is 10.5. The zero-order valence-electron chi connectivity index (χ0n) is 10.4. The lowest BCUT2D eigenvalue weighted by Crippen LogP contribution is -2.84. The predicted octanol–water partition coefficient (Wildman–Crippen LogP) is 0.989. The van der Waals surface area contributed by atoms with Gasteiger partial charge in [-0.3, -0.25) is 0 Å². The van der Waals surface area contributed by atoms with E-state index in [0.29, 0.717) is 0 Å². The summed E-state index contributed by atoms with van der Waals surface area (Å²) in [7, 11) is 0. The van der Waals surface area contributed by atoms with Crippen LogP contribution in [0.3, 0.4) is 0 Å². The number of hydrogen-bond acceptors (Lipinski definition) is 2. The van der Waals surface area contributed by atoms with Crippen LogP contribution in [-0.4, -0.2) is 25.2 Å². The highest BCUT2D eigenvalue weighted by Crippen LogP contribution is 2.25. The number of nitrogens with two attached hydrogens (primary N) is 1. The number of alkyl halides is 3. The first-order chi connectivity index (χ1) is 9.32. The summed E-state index contributed by atoms with van der Waals surface area (Å²) in [5.74, 6) is -3.01. The third-order valence-corrected chi connectivity index (χ3v) is 2.93. The van der Waals surface area contributed by atoms with Gasteiger partial charge in [0.25, 0.3) is 0 Å². The molecule has 0 fully saturated rings. The average Bonchev–Trinajstić information content (AvgIpc) is 2.40. The molecule has 0 unspecified atom stereocenters. The van der Waals surface area contributed by atoms with Crippen LogP contribution in [0.2, 0.25) is 5.02 Å². The fourth-order valence-electron chi connectivity index (χ4n) is 1.67. The average molecular weight is 308 g/mol. The van der Waals surface area contributed by atoms with Gasteiger partial charge >= 0.3 is 6.18 Å². The van der Waals surface area contributed by atoms with Crippen molar-refractivity contribution in [2.75, 3.05) is 13.1 Å². The summed E-state index contributed by atoms with van der Waals surface area (Å²) in [5, 5.41) is 12.0. The molecular weight excluding hydrogens is 295 g/mol. The van der Waals surface area contributed by atoms with Crippen LogP contribution >= 0.6 is 11.6 Å². The Morgan fingerprint density at radius 2 is 1.90 bits per heavy atom. The monoisotopic (exact) mass is 307 g/mol. The Hall–Kier alpha value is -1.53. The van der Waals surface area contributed by atoms with Crippen LogP contribution in [0.15, 0.2) is 30.3 Å². The van der Waals surface area contributed by atoms with Crippen molar-refractivity contribution in [3.8, 4) is 0 Å². The van der Waals surface area contributed by atoms with E-state index in [2.05, 4.69) is 17.5 Å².